The van der Waals surface area contributed by atoms with Crippen LogP contribution in [0.15, 0.2) is 41.3 Å². The van der Waals surface area contributed by atoms with E-state index in [1.807, 2.05) is 31.3 Å². The number of anilines is 1. The highest BCUT2D eigenvalue weighted by Gasteiger charge is 2.04. The van der Waals surface area contributed by atoms with Crippen molar-refractivity contribution in [2.24, 2.45) is 0 Å². The van der Waals surface area contributed by atoms with Gasteiger partial charge in [0.15, 0.2) is 10.7 Å². The maximum absolute atomic E-state index is 11.0. The molecule has 4 heteroatoms. The molecule has 0 heterocycles. The predicted molar refractivity (Wildman–Crippen MR) is 62.1 cm³/mol. The third kappa shape index (κ3) is 1.68. The highest BCUT2D eigenvalue weighted by molar-refractivity contribution is 7.72. The molecule has 0 radical (unpaired) electrons. The number of thiol groups is 1. The average Bonchev–Trinajstić information content (AvgIpc) is 2.27. The third-order valence-corrected chi connectivity index (χ3v) is 3.15. The molecular weight excluding hydrogens is 210 g/mol. The lowest BCUT2D eigenvalue weighted by molar-refractivity contribution is 0.615. The first-order valence-electron chi connectivity index (χ1n) is 4.58. The molecule has 0 saturated carbocycles. The fourth-order valence-electron chi connectivity index (χ4n) is 1.67. The van der Waals surface area contributed by atoms with E-state index < -0.39 is 10.7 Å². The lowest BCUT2D eigenvalue weighted by Gasteiger charge is -2.06. The summed E-state index contributed by atoms with van der Waals surface area (Å²) in [7, 11) is -0.722. The second kappa shape index (κ2) is 3.90. The first kappa shape index (κ1) is 9.98. The molecule has 3 nitrogen and oxygen atoms in total. The molecule has 0 atom stereocenters. The maximum Gasteiger partial charge on any atom is 0.168 e. The van der Waals surface area contributed by atoms with Gasteiger partial charge in [0.2, 0.25) is 0 Å². The van der Waals surface area contributed by atoms with Gasteiger partial charge in [-0.1, -0.05) is 24.3 Å². The summed E-state index contributed by atoms with van der Waals surface area (Å²) in [6, 6.07) is 10.9. The minimum Gasteiger partial charge on any atom is -0.388 e. The van der Waals surface area contributed by atoms with Gasteiger partial charge < -0.3 is 5.32 Å². The number of hydrogen-bond acceptors (Lipinski definition) is 3. The van der Waals surface area contributed by atoms with E-state index in [2.05, 4.69) is 5.32 Å². The first-order chi connectivity index (χ1) is 7.24. The average molecular weight is 221 g/mol. The van der Waals surface area contributed by atoms with E-state index in [1.54, 1.807) is 12.1 Å². The number of fused-ring (bicyclic) bond motifs is 1. The zero-order valence-corrected chi connectivity index (χ0v) is 9.12. The molecule has 78 valence electrons. The molecule has 0 aliphatic rings. The highest BCUT2D eigenvalue weighted by atomic mass is 32.2. The Morgan fingerprint density at radius 2 is 1.67 bits per heavy atom. The molecule has 2 aromatic carbocycles. The van der Waals surface area contributed by atoms with Crippen LogP contribution in [0.3, 0.4) is 0 Å². The van der Waals surface area contributed by atoms with Crippen LogP contribution in [0.25, 0.3) is 10.8 Å². The summed E-state index contributed by atoms with van der Waals surface area (Å²) in [6.07, 6.45) is 0. The van der Waals surface area contributed by atoms with Crippen molar-refractivity contribution in [1.29, 1.82) is 0 Å². The van der Waals surface area contributed by atoms with Crippen molar-refractivity contribution in [3.63, 3.8) is 0 Å². The molecule has 0 saturated heterocycles. The van der Waals surface area contributed by atoms with E-state index in [-0.39, 0.29) is 0 Å². The second-order valence-electron chi connectivity index (χ2n) is 3.18. The fourth-order valence-corrected chi connectivity index (χ4v) is 2.27. The minimum atomic E-state index is -2.54. The molecule has 0 aliphatic carbocycles. The fraction of sp³-hybridized carbons (Fsp3) is 0.0909. The van der Waals surface area contributed by atoms with Crippen molar-refractivity contribution in [1.82, 2.24) is 0 Å². The maximum atomic E-state index is 11.0. The Kier molecular flexibility index (Phi) is 2.60. The van der Waals surface area contributed by atoms with Crippen LogP contribution in [-0.4, -0.2) is 15.5 Å². The third-order valence-electron chi connectivity index (χ3n) is 2.37. The molecule has 0 aromatic heterocycles. The quantitative estimate of drug-likeness (QED) is 0.761. The molecule has 15 heavy (non-hydrogen) atoms. The number of nitrogens with one attached hydrogen (secondary N) is 1. The van der Waals surface area contributed by atoms with Crippen molar-refractivity contribution in [2.75, 3.05) is 12.4 Å². The minimum absolute atomic E-state index is 0.375. The first-order valence-corrected chi connectivity index (χ1v) is 5.75. The molecule has 0 bridgehead atoms. The number of rotatable bonds is 2. The molecular formula is C11H11NO2S. The largest absolute Gasteiger partial charge is 0.388 e. The van der Waals surface area contributed by atoms with E-state index in [0.717, 1.165) is 16.5 Å². The van der Waals surface area contributed by atoms with Crippen LogP contribution in [0.5, 0.6) is 0 Å². The summed E-state index contributed by atoms with van der Waals surface area (Å²) in [5, 5.41) is 4.73. The summed E-state index contributed by atoms with van der Waals surface area (Å²) in [5.41, 5.74) is 0.936. The summed E-state index contributed by atoms with van der Waals surface area (Å²) in [5.74, 6) is 0. The summed E-state index contributed by atoms with van der Waals surface area (Å²) in [4.78, 5) is 0.375. The van der Waals surface area contributed by atoms with Crippen molar-refractivity contribution in [3.8, 4) is 0 Å². The van der Waals surface area contributed by atoms with Gasteiger partial charge in [-0.25, -0.2) is 8.42 Å². The van der Waals surface area contributed by atoms with E-state index >= 15 is 0 Å². The Bertz CT molecular complexity index is 568. The zero-order chi connectivity index (χ0) is 10.8. The van der Waals surface area contributed by atoms with Crippen LogP contribution in [0.1, 0.15) is 0 Å². The van der Waals surface area contributed by atoms with Gasteiger partial charge in [-0.3, -0.25) is 0 Å². The predicted octanol–water partition coefficient (Wildman–Crippen LogP) is 1.85. The summed E-state index contributed by atoms with van der Waals surface area (Å²) < 4.78 is 22.1. The smallest absolute Gasteiger partial charge is 0.168 e. The Morgan fingerprint density at radius 3 is 2.33 bits per heavy atom. The Balaban J connectivity index is 2.88. The van der Waals surface area contributed by atoms with Gasteiger partial charge in [-0.15, -0.1) is 0 Å². The molecule has 0 amide bonds. The summed E-state index contributed by atoms with van der Waals surface area (Å²) in [6.45, 7) is 0. The van der Waals surface area contributed by atoms with Crippen LogP contribution >= 0.6 is 0 Å². The Morgan fingerprint density at radius 1 is 1.00 bits per heavy atom. The molecule has 0 spiro atoms. The number of benzene rings is 2. The topological polar surface area (TPSA) is 46.2 Å². The Labute approximate surface area is 89.7 Å². The van der Waals surface area contributed by atoms with Gasteiger partial charge in [0, 0.05) is 23.5 Å². The van der Waals surface area contributed by atoms with Gasteiger partial charge in [0.05, 0.1) is 4.90 Å². The Hall–Kier alpha value is -1.55. The van der Waals surface area contributed by atoms with Gasteiger partial charge in [0.25, 0.3) is 0 Å². The molecule has 2 rings (SSSR count). The molecule has 0 aliphatic heterocycles. The van der Waals surface area contributed by atoms with E-state index in [4.69, 9.17) is 0 Å². The van der Waals surface area contributed by atoms with Crippen molar-refractivity contribution in [3.05, 3.63) is 36.4 Å². The second-order valence-corrected chi connectivity index (χ2v) is 4.18. The van der Waals surface area contributed by atoms with Crippen LogP contribution < -0.4 is 5.32 Å². The van der Waals surface area contributed by atoms with E-state index in [0.29, 0.717) is 4.90 Å². The van der Waals surface area contributed by atoms with Gasteiger partial charge in [0.1, 0.15) is 0 Å². The molecule has 0 unspecified atom stereocenters. The lowest BCUT2D eigenvalue weighted by Crippen LogP contribution is -1.90. The highest BCUT2D eigenvalue weighted by Crippen LogP contribution is 2.26. The molecule has 0 fully saturated rings. The monoisotopic (exact) mass is 221 g/mol. The normalized spacial score (nSPS) is 10.8. The number of hydrogen-bond donors (Lipinski definition) is 2. The van der Waals surface area contributed by atoms with Crippen LogP contribution in [0.4, 0.5) is 5.69 Å². The lowest BCUT2D eigenvalue weighted by atomic mass is 10.1. The van der Waals surface area contributed by atoms with Crippen LogP contribution in [-0.2, 0) is 10.7 Å². The van der Waals surface area contributed by atoms with Crippen LogP contribution in [0, 0.1) is 0 Å². The van der Waals surface area contributed by atoms with Gasteiger partial charge in [-0.05, 0) is 12.1 Å². The summed E-state index contributed by atoms with van der Waals surface area (Å²) >= 11 is 0. The van der Waals surface area contributed by atoms with Crippen LogP contribution in [0.2, 0.25) is 0 Å². The molecule has 2 aromatic rings. The molecule has 1 N–H and O–H groups in total. The van der Waals surface area contributed by atoms with E-state index in [1.165, 1.54) is 0 Å². The van der Waals surface area contributed by atoms with Crippen molar-refractivity contribution < 1.29 is 8.42 Å². The van der Waals surface area contributed by atoms with Gasteiger partial charge in [-0.2, -0.15) is 0 Å². The van der Waals surface area contributed by atoms with E-state index in [9.17, 15) is 8.42 Å². The van der Waals surface area contributed by atoms with Crippen molar-refractivity contribution in [2.45, 2.75) is 4.90 Å². The standard InChI is InChI=1S/C11H11NO2S/c1-12-10-6-2-5-9-8(10)4-3-7-11(9)15(13)14/h2-7,12,15H,1H3. The van der Waals surface area contributed by atoms with Crippen molar-refractivity contribution >= 4 is 27.2 Å². The zero-order valence-electron chi connectivity index (χ0n) is 8.23. The van der Waals surface area contributed by atoms with Gasteiger partial charge >= 0.3 is 0 Å². The SMILES string of the molecule is CNc1cccc2c([SH](=O)=O)cccc12.